The Morgan fingerprint density at radius 1 is 1.50 bits per heavy atom. The van der Waals surface area contributed by atoms with Crippen LogP contribution in [0.3, 0.4) is 0 Å². The highest BCUT2D eigenvalue weighted by Crippen LogP contribution is 2.18. The lowest BCUT2D eigenvalue weighted by Crippen LogP contribution is -2.15. The summed E-state index contributed by atoms with van der Waals surface area (Å²) in [7, 11) is 0. The van der Waals surface area contributed by atoms with E-state index in [1.165, 1.54) is 22.4 Å². The van der Waals surface area contributed by atoms with E-state index in [0.717, 1.165) is 13.0 Å². The average molecular weight is 189 g/mol. The fraction of sp³-hybridized carbons (Fsp3) is 0.385. The Labute approximate surface area is 86.9 Å². The maximum atomic E-state index is 3.80. The zero-order valence-electron chi connectivity index (χ0n) is 9.35. The first kappa shape index (κ1) is 10.8. The molecule has 0 aliphatic carbocycles. The van der Waals surface area contributed by atoms with Gasteiger partial charge in [0.05, 0.1) is 0 Å². The van der Waals surface area contributed by atoms with Gasteiger partial charge < -0.3 is 5.32 Å². The third-order valence-corrected chi connectivity index (χ3v) is 2.65. The van der Waals surface area contributed by atoms with Gasteiger partial charge >= 0.3 is 0 Å². The van der Waals surface area contributed by atoms with Crippen LogP contribution in [0, 0.1) is 0 Å². The molecule has 76 valence electrons. The van der Waals surface area contributed by atoms with E-state index in [1.54, 1.807) is 0 Å². The van der Waals surface area contributed by atoms with Gasteiger partial charge in [0.2, 0.25) is 0 Å². The van der Waals surface area contributed by atoms with E-state index in [2.05, 4.69) is 44.8 Å². The van der Waals surface area contributed by atoms with Gasteiger partial charge in [0.25, 0.3) is 0 Å². The Morgan fingerprint density at radius 2 is 2.21 bits per heavy atom. The van der Waals surface area contributed by atoms with Crippen molar-refractivity contribution in [1.82, 2.24) is 5.32 Å². The fourth-order valence-corrected chi connectivity index (χ4v) is 1.54. The lowest BCUT2D eigenvalue weighted by Gasteiger charge is -2.13. The highest BCUT2D eigenvalue weighted by Gasteiger charge is 2.06. The minimum Gasteiger partial charge on any atom is -0.384 e. The number of hydrogen-bond donors (Lipinski definition) is 1. The molecule has 0 saturated heterocycles. The normalized spacial score (nSPS) is 18.5. The minimum atomic E-state index is 1.02. The molecule has 0 aromatic carbocycles. The summed E-state index contributed by atoms with van der Waals surface area (Å²) in [5.41, 5.74) is 5.10. The van der Waals surface area contributed by atoms with Crippen LogP contribution in [0.1, 0.15) is 27.2 Å². The Balaban J connectivity index is 3.07. The van der Waals surface area contributed by atoms with Gasteiger partial charge in [-0.25, -0.2) is 0 Å². The summed E-state index contributed by atoms with van der Waals surface area (Å²) in [6.45, 7) is 11.2. The van der Waals surface area contributed by atoms with Gasteiger partial charge in [-0.05, 0) is 43.9 Å². The molecule has 1 heterocycles. The number of hydrogen-bond acceptors (Lipinski definition) is 1. The second-order valence-electron chi connectivity index (χ2n) is 3.69. The van der Waals surface area contributed by atoms with Crippen LogP contribution in [0.4, 0.5) is 0 Å². The van der Waals surface area contributed by atoms with E-state index in [4.69, 9.17) is 0 Å². The molecule has 1 aliphatic rings. The first-order valence-electron chi connectivity index (χ1n) is 5.08. The molecule has 1 N–H and O–H groups in total. The number of nitrogens with one attached hydrogen (secondary N) is 1. The summed E-state index contributed by atoms with van der Waals surface area (Å²) in [4.78, 5) is 0. The van der Waals surface area contributed by atoms with E-state index in [9.17, 15) is 0 Å². The Bertz CT molecular complexity index is 316. The van der Waals surface area contributed by atoms with Crippen molar-refractivity contribution in [3.05, 3.63) is 47.2 Å². The van der Waals surface area contributed by atoms with Crippen molar-refractivity contribution >= 4 is 0 Å². The van der Waals surface area contributed by atoms with Crippen LogP contribution in [0.2, 0.25) is 0 Å². The minimum absolute atomic E-state index is 1.02. The highest BCUT2D eigenvalue weighted by molar-refractivity contribution is 5.42. The van der Waals surface area contributed by atoms with Gasteiger partial charge in [-0.1, -0.05) is 24.8 Å². The van der Waals surface area contributed by atoms with Crippen molar-refractivity contribution in [2.45, 2.75) is 27.2 Å². The quantitative estimate of drug-likeness (QED) is 0.657. The van der Waals surface area contributed by atoms with Crippen molar-refractivity contribution in [3.8, 4) is 0 Å². The van der Waals surface area contributed by atoms with Crippen molar-refractivity contribution in [1.29, 1.82) is 0 Å². The van der Waals surface area contributed by atoms with Crippen LogP contribution < -0.4 is 5.32 Å². The lowest BCUT2D eigenvalue weighted by atomic mass is 10.0. The van der Waals surface area contributed by atoms with Crippen LogP contribution in [0.5, 0.6) is 0 Å². The molecule has 0 fully saturated rings. The van der Waals surface area contributed by atoms with Gasteiger partial charge in [-0.2, -0.15) is 0 Å². The molecular formula is C13H19N. The van der Waals surface area contributed by atoms with E-state index < -0.39 is 0 Å². The van der Waals surface area contributed by atoms with Crippen LogP contribution in [0.25, 0.3) is 0 Å². The van der Waals surface area contributed by atoms with Gasteiger partial charge in [0, 0.05) is 12.2 Å². The van der Waals surface area contributed by atoms with Crippen molar-refractivity contribution < 1.29 is 0 Å². The molecule has 0 aromatic rings. The topological polar surface area (TPSA) is 12.0 Å². The second kappa shape index (κ2) is 4.85. The predicted octanol–water partition coefficient (Wildman–Crippen LogP) is 3.33. The molecule has 1 aliphatic heterocycles. The fourth-order valence-electron chi connectivity index (χ4n) is 1.54. The lowest BCUT2D eigenvalue weighted by molar-refractivity contribution is 0.810. The van der Waals surface area contributed by atoms with Crippen LogP contribution in [-0.2, 0) is 0 Å². The number of rotatable bonds is 2. The Morgan fingerprint density at radius 3 is 2.86 bits per heavy atom. The van der Waals surface area contributed by atoms with Gasteiger partial charge in [-0.3, -0.25) is 0 Å². The average Bonchev–Trinajstić information content (AvgIpc) is 2.40. The molecule has 0 radical (unpaired) electrons. The SMILES string of the molecule is C=C/C(C)=C(/C)C1=C(C)C=CCCN1. The van der Waals surface area contributed by atoms with Crippen molar-refractivity contribution in [3.63, 3.8) is 0 Å². The second-order valence-corrected chi connectivity index (χ2v) is 3.69. The molecule has 1 rings (SSSR count). The highest BCUT2D eigenvalue weighted by atomic mass is 14.9. The monoisotopic (exact) mass is 189 g/mol. The van der Waals surface area contributed by atoms with E-state index in [-0.39, 0.29) is 0 Å². The van der Waals surface area contributed by atoms with Gasteiger partial charge in [0.1, 0.15) is 0 Å². The van der Waals surface area contributed by atoms with Crippen LogP contribution >= 0.6 is 0 Å². The van der Waals surface area contributed by atoms with Crippen LogP contribution in [-0.4, -0.2) is 6.54 Å². The zero-order chi connectivity index (χ0) is 10.6. The first-order valence-corrected chi connectivity index (χ1v) is 5.08. The predicted molar refractivity (Wildman–Crippen MR) is 63.0 cm³/mol. The number of allylic oxidation sites excluding steroid dienone is 5. The molecule has 0 amide bonds. The maximum absolute atomic E-state index is 3.80. The molecule has 0 bridgehead atoms. The van der Waals surface area contributed by atoms with Crippen LogP contribution in [0.15, 0.2) is 47.2 Å². The molecular weight excluding hydrogens is 170 g/mol. The molecule has 14 heavy (non-hydrogen) atoms. The summed E-state index contributed by atoms with van der Waals surface area (Å²) in [5.74, 6) is 0. The molecule has 0 saturated carbocycles. The smallest absolute Gasteiger partial charge is 0.0402 e. The molecule has 1 nitrogen and oxygen atoms in total. The third-order valence-electron chi connectivity index (χ3n) is 2.65. The molecule has 1 heteroatoms. The maximum Gasteiger partial charge on any atom is 0.0402 e. The van der Waals surface area contributed by atoms with E-state index >= 15 is 0 Å². The first-order chi connectivity index (χ1) is 6.66. The third kappa shape index (κ3) is 2.38. The van der Waals surface area contributed by atoms with E-state index in [0.29, 0.717) is 0 Å². The summed E-state index contributed by atoms with van der Waals surface area (Å²) < 4.78 is 0. The van der Waals surface area contributed by atoms with Crippen molar-refractivity contribution in [2.24, 2.45) is 0 Å². The summed E-state index contributed by atoms with van der Waals surface area (Å²) in [5, 5.41) is 3.46. The molecule has 0 aromatic heterocycles. The Hall–Kier alpha value is -1.24. The molecule has 0 unspecified atom stereocenters. The molecule has 0 atom stereocenters. The standard InChI is InChI=1S/C13H19N/c1-5-10(2)12(4)13-11(3)8-6-7-9-14-13/h5-6,8,14H,1,7,9H2,2-4H3/b12-10-. The van der Waals surface area contributed by atoms with Gasteiger partial charge in [-0.15, -0.1) is 0 Å². The summed E-state index contributed by atoms with van der Waals surface area (Å²) in [6.07, 6.45) is 7.41. The Kier molecular flexibility index (Phi) is 3.75. The van der Waals surface area contributed by atoms with Crippen molar-refractivity contribution in [2.75, 3.05) is 6.54 Å². The molecule has 0 spiro atoms. The largest absolute Gasteiger partial charge is 0.384 e. The van der Waals surface area contributed by atoms with Gasteiger partial charge in [0.15, 0.2) is 0 Å². The van der Waals surface area contributed by atoms with E-state index in [1.807, 2.05) is 6.08 Å². The summed E-state index contributed by atoms with van der Waals surface area (Å²) in [6, 6.07) is 0. The summed E-state index contributed by atoms with van der Waals surface area (Å²) >= 11 is 0. The zero-order valence-corrected chi connectivity index (χ0v) is 9.35.